The number of benzene rings is 2. The fraction of sp³-hybridized carbons (Fsp3) is 0. The van der Waals surface area contributed by atoms with E-state index < -0.39 is 0 Å². The molecule has 2 aromatic carbocycles. The number of hydrogen-bond donors (Lipinski definition) is 1. The van der Waals surface area contributed by atoms with Crippen LogP contribution in [0.1, 0.15) is 0 Å². The number of nitrogens with zero attached hydrogens (tertiary/aromatic N) is 2. The second-order valence-corrected chi connectivity index (χ2v) is 6.66. The average molecular weight is 466 g/mol. The minimum absolute atomic E-state index is 0.264. The number of rotatable bonds is 1. The van der Waals surface area contributed by atoms with Crippen molar-refractivity contribution in [2.75, 3.05) is 5.73 Å². The number of aromatic nitrogens is 2. The van der Waals surface area contributed by atoms with E-state index in [1.54, 1.807) is 10.6 Å². The summed E-state index contributed by atoms with van der Waals surface area (Å²) in [6.07, 6.45) is 0. The van der Waals surface area contributed by atoms with Gasteiger partial charge in [-0.15, -0.1) is 0 Å². The Morgan fingerprint density at radius 2 is 2.05 bits per heavy atom. The molecule has 3 rings (SSSR count). The van der Waals surface area contributed by atoms with Crippen LogP contribution in [0.2, 0.25) is 5.02 Å². The molecular weight excluding hydrogens is 459 g/mol. The van der Waals surface area contributed by atoms with Crippen LogP contribution in [0.4, 0.5) is 10.3 Å². The van der Waals surface area contributed by atoms with Gasteiger partial charge in [-0.25, -0.2) is 9.37 Å². The van der Waals surface area contributed by atoms with Crippen molar-refractivity contribution in [3.05, 3.63) is 49.2 Å². The van der Waals surface area contributed by atoms with Crippen molar-refractivity contribution in [3.63, 3.8) is 0 Å². The molecule has 0 aliphatic rings. The van der Waals surface area contributed by atoms with Crippen molar-refractivity contribution in [2.24, 2.45) is 0 Å². The second kappa shape index (κ2) is 5.16. The van der Waals surface area contributed by atoms with E-state index in [1.165, 1.54) is 6.07 Å². The first-order chi connectivity index (χ1) is 9.47. The van der Waals surface area contributed by atoms with Crippen molar-refractivity contribution < 1.29 is 4.39 Å². The van der Waals surface area contributed by atoms with E-state index in [9.17, 15) is 4.39 Å². The largest absolute Gasteiger partial charge is 0.369 e. The van der Waals surface area contributed by atoms with Gasteiger partial charge in [-0.05, 0) is 62.8 Å². The van der Waals surface area contributed by atoms with Gasteiger partial charge in [0.05, 0.1) is 26.2 Å². The maximum atomic E-state index is 13.8. The van der Waals surface area contributed by atoms with Crippen molar-refractivity contribution in [2.45, 2.75) is 0 Å². The van der Waals surface area contributed by atoms with Gasteiger partial charge in [-0.2, -0.15) is 0 Å². The molecule has 1 heterocycles. The molecule has 102 valence electrons. The van der Waals surface area contributed by atoms with Gasteiger partial charge in [0, 0.05) is 9.64 Å². The zero-order valence-electron chi connectivity index (χ0n) is 9.87. The van der Waals surface area contributed by atoms with Gasteiger partial charge >= 0.3 is 0 Å². The molecule has 0 bridgehead atoms. The predicted octanol–water partition coefficient (Wildman–Crippen LogP) is 4.77. The van der Waals surface area contributed by atoms with Gasteiger partial charge in [0.1, 0.15) is 5.82 Å². The highest BCUT2D eigenvalue weighted by Crippen LogP contribution is 2.31. The predicted molar refractivity (Wildman–Crippen MR) is 90.9 cm³/mol. The van der Waals surface area contributed by atoms with E-state index in [-0.39, 0.29) is 11.8 Å². The van der Waals surface area contributed by atoms with Crippen LogP contribution < -0.4 is 5.73 Å². The van der Waals surface area contributed by atoms with Gasteiger partial charge in [-0.3, -0.25) is 4.57 Å². The van der Waals surface area contributed by atoms with Crippen molar-refractivity contribution in [1.82, 2.24) is 9.55 Å². The lowest BCUT2D eigenvalue weighted by molar-refractivity contribution is 0.622. The quantitative estimate of drug-likeness (QED) is 0.526. The van der Waals surface area contributed by atoms with Crippen LogP contribution in [0, 0.1) is 9.39 Å². The highest BCUT2D eigenvalue weighted by molar-refractivity contribution is 14.1. The minimum atomic E-state index is -0.375. The summed E-state index contributed by atoms with van der Waals surface area (Å²) in [4.78, 5) is 4.24. The summed E-state index contributed by atoms with van der Waals surface area (Å²) in [6, 6.07) is 8.54. The molecule has 1 aromatic heterocycles. The first kappa shape index (κ1) is 14.1. The number of nitrogen functional groups attached to an aromatic ring is 1. The maximum Gasteiger partial charge on any atom is 0.205 e. The molecule has 0 unspecified atom stereocenters. The van der Waals surface area contributed by atoms with E-state index in [2.05, 4.69) is 43.5 Å². The Morgan fingerprint density at radius 1 is 1.30 bits per heavy atom. The summed E-state index contributed by atoms with van der Waals surface area (Å²) in [6.45, 7) is 0. The van der Waals surface area contributed by atoms with E-state index in [4.69, 9.17) is 17.3 Å². The molecule has 0 radical (unpaired) electrons. The Bertz CT molecular complexity index is 834. The molecule has 0 amide bonds. The SMILES string of the molecule is Nc1nc2cc(Br)c(F)cc2n1-c1ccc(I)cc1Cl. The number of hydrogen-bond acceptors (Lipinski definition) is 2. The van der Waals surface area contributed by atoms with Crippen LogP contribution in [0.3, 0.4) is 0 Å². The van der Waals surface area contributed by atoms with Gasteiger partial charge in [-0.1, -0.05) is 11.6 Å². The highest BCUT2D eigenvalue weighted by Gasteiger charge is 2.15. The van der Waals surface area contributed by atoms with Crippen LogP contribution in [-0.4, -0.2) is 9.55 Å². The molecule has 3 aromatic rings. The topological polar surface area (TPSA) is 43.8 Å². The van der Waals surface area contributed by atoms with Crippen LogP contribution in [0.25, 0.3) is 16.7 Å². The second-order valence-electron chi connectivity index (χ2n) is 4.16. The average Bonchev–Trinajstić information content (AvgIpc) is 2.66. The van der Waals surface area contributed by atoms with E-state index in [1.807, 2.05) is 18.2 Å². The molecule has 2 N–H and O–H groups in total. The lowest BCUT2D eigenvalue weighted by atomic mass is 10.2. The molecule has 3 nitrogen and oxygen atoms in total. The first-order valence-electron chi connectivity index (χ1n) is 5.56. The Morgan fingerprint density at radius 3 is 2.75 bits per heavy atom. The fourth-order valence-corrected chi connectivity index (χ4v) is 3.28. The van der Waals surface area contributed by atoms with Crippen molar-refractivity contribution in [3.8, 4) is 5.69 Å². The lowest BCUT2D eigenvalue weighted by Gasteiger charge is -2.09. The Hall–Kier alpha value is -0.860. The normalized spacial score (nSPS) is 11.2. The minimum Gasteiger partial charge on any atom is -0.369 e. The molecule has 0 spiro atoms. The van der Waals surface area contributed by atoms with Crippen molar-refractivity contribution in [1.29, 1.82) is 0 Å². The molecule has 0 fully saturated rings. The summed E-state index contributed by atoms with van der Waals surface area (Å²) in [7, 11) is 0. The van der Waals surface area contributed by atoms with E-state index >= 15 is 0 Å². The zero-order valence-corrected chi connectivity index (χ0v) is 14.4. The third-order valence-electron chi connectivity index (χ3n) is 2.87. The molecule has 20 heavy (non-hydrogen) atoms. The van der Waals surface area contributed by atoms with E-state index in [0.29, 0.717) is 26.2 Å². The van der Waals surface area contributed by atoms with Gasteiger partial charge in [0.15, 0.2) is 0 Å². The summed E-state index contributed by atoms with van der Waals surface area (Å²) in [5.74, 6) is -0.110. The van der Waals surface area contributed by atoms with Gasteiger partial charge in [0.25, 0.3) is 0 Å². The Labute approximate surface area is 141 Å². The summed E-state index contributed by atoms with van der Waals surface area (Å²) in [5.41, 5.74) is 7.80. The Balaban J connectivity index is 2.35. The van der Waals surface area contributed by atoms with E-state index in [0.717, 1.165) is 3.57 Å². The number of fused-ring (bicyclic) bond motifs is 1. The maximum absolute atomic E-state index is 13.8. The van der Waals surface area contributed by atoms with Crippen LogP contribution in [0.15, 0.2) is 34.8 Å². The molecule has 0 saturated heterocycles. The zero-order chi connectivity index (χ0) is 14.4. The smallest absolute Gasteiger partial charge is 0.205 e. The molecule has 0 saturated carbocycles. The van der Waals surface area contributed by atoms with Crippen molar-refractivity contribution >= 4 is 67.1 Å². The number of nitrogens with two attached hydrogens (primary N) is 1. The third-order valence-corrected chi connectivity index (χ3v) is 4.45. The van der Waals surface area contributed by atoms with Crippen LogP contribution in [0.5, 0.6) is 0 Å². The first-order valence-corrected chi connectivity index (χ1v) is 7.81. The number of anilines is 1. The number of halogens is 4. The lowest BCUT2D eigenvalue weighted by Crippen LogP contribution is -2.01. The molecule has 7 heteroatoms. The summed E-state index contributed by atoms with van der Waals surface area (Å²) < 4.78 is 16.8. The highest BCUT2D eigenvalue weighted by atomic mass is 127. The molecule has 0 aliphatic carbocycles. The molecule has 0 aliphatic heterocycles. The molecule has 0 atom stereocenters. The summed E-state index contributed by atoms with van der Waals surface area (Å²) in [5, 5.41) is 0.534. The van der Waals surface area contributed by atoms with Gasteiger partial charge < -0.3 is 5.73 Å². The molecular formula is C13H7BrClFIN3. The number of imidazole rings is 1. The monoisotopic (exact) mass is 465 g/mol. The van der Waals surface area contributed by atoms with Gasteiger partial charge in [0.2, 0.25) is 5.95 Å². The van der Waals surface area contributed by atoms with Crippen LogP contribution in [-0.2, 0) is 0 Å². The third kappa shape index (κ3) is 2.29. The fourth-order valence-electron chi connectivity index (χ4n) is 2.01. The summed E-state index contributed by atoms with van der Waals surface area (Å²) >= 11 is 11.6. The van der Waals surface area contributed by atoms with Crippen LogP contribution >= 0.6 is 50.1 Å². The standard InChI is InChI=1S/C13H7BrClFIN3/c14-7-4-10-12(5-9(7)16)20(13(18)19-10)11-2-1-6(17)3-8(11)15/h1-5H,(H2,18,19). The Kier molecular flexibility index (Phi) is 3.64.